The van der Waals surface area contributed by atoms with E-state index >= 15 is 0 Å². The number of nitrogens with one attached hydrogen (secondary N) is 1. The van der Waals surface area contributed by atoms with Crippen molar-refractivity contribution in [2.24, 2.45) is 0 Å². The molecule has 3 aliphatic heterocycles. The largest absolute Gasteiger partial charge is 0.490 e. The van der Waals surface area contributed by atoms with Crippen LogP contribution < -0.4 is 10.1 Å². The fourth-order valence-electron chi connectivity index (χ4n) is 6.07. The number of amides is 3. The molecule has 3 aliphatic rings. The molecule has 228 valence electrons. The van der Waals surface area contributed by atoms with Gasteiger partial charge in [0.15, 0.2) is 0 Å². The minimum Gasteiger partial charge on any atom is -0.490 e. The topological polar surface area (TPSA) is 87.2 Å². The number of carbonyl (C=O) groups is 2. The highest BCUT2D eigenvalue weighted by Crippen LogP contribution is 2.37. The van der Waals surface area contributed by atoms with Crippen LogP contribution >= 0.6 is 23.2 Å². The summed E-state index contributed by atoms with van der Waals surface area (Å²) in [6.07, 6.45) is 5.52. The van der Waals surface area contributed by atoms with Crippen LogP contribution in [0.1, 0.15) is 49.8 Å². The molecular weight excluding hydrogens is 577 g/mol. The molecule has 0 aliphatic carbocycles. The minimum absolute atomic E-state index is 0.110. The highest BCUT2D eigenvalue weighted by Gasteiger charge is 2.53. The number of pyridine rings is 1. The van der Waals surface area contributed by atoms with Crippen LogP contribution in [0.2, 0.25) is 10.0 Å². The molecule has 1 N–H and O–H groups in total. The van der Waals surface area contributed by atoms with E-state index < -0.39 is 6.04 Å². The maximum Gasteiger partial charge on any atom is 0.318 e. The molecule has 0 saturated carbocycles. The van der Waals surface area contributed by atoms with Crippen LogP contribution in [0.4, 0.5) is 4.79 Å². The second-order valence-corrected chi connectivity index (χ2v) is 12.7. The molecule has 42 heavy (non-hydrogen) atoms. The number of aromatic nitrogens is 1. The molecule has 5 rings (SSSR count). The zero-order valence-electron chi connectivity index (χ0n) is 24.7. The average Bonchev–Trinajstić information content (AvgIpc) is 2.93. The van der Waals surface area contributed by atoms with Crippen LogP contribution in [0.5, 0.6) is 5.75 Å². The lowest BCUT2D eigenvalue weighted by Crippen LogP contribution is -2.74. The number of urea groups is 1. The molecule has 9 nitrogen and oxygen atoms in total. The van der Waals surface area contributed by atoms with Gasteiger partial charge < -0.3 is 29.5 Å². The highest BCUT2D eigenvalue weighted by molar-refractivity contribution is 6.35. The Kier molecular flexibility index (Phi) is 9.82. The predicted molar refractivity (Wildman–Crippen MR) is 163 cm³/mol. The Hall–Kier alpha value is -2.59. The summed E-state index contributed by atoms with van der Waals surface area (Å²) in [4.78, 5) is 37.8. The van der Waals surface area contributed by atoms with Gasteiger partial charge in [0.05, 0.1) is 24.4 Å². The monoisotopic (exact) mass is 617 g/mol. The summed E-state index contributed by atoms with van der Waals surface area (Å²) in [6, 6.07) is 8.45. The fourth-order valence-corrected chi connectivity index (χ4v) is 6.56. The van der Waals surface area contributed by atoms with Crippen molar-refractivity contribution >= 4 is 35.1 Å². The molecule has 3 fully saturated rings. The first-order chi connectivity index (χ1) is 20.2. The van der Waals surface area contributed by atoms with Gasteiger partial charge in [-0.2, -0.15) is 0 Å². The molecule has 4 heterocycles. The first-order valence-corrected chi connectivity index (χ1v) is 15.6. The van der Waals surface area contributed by atoms with Gasteiger partial charge in [-0.3, -0.25) is 9.78 Å². The van der Waals surface area contributed by atoms with Gasteiger partial charge in [0.2, 0.25) is 5.91 Å². The van der Waals surface area contributed by atoms with Crippen molar-refractivity contribution in [3.63, 3.8) is 0 Å². The number of ether oxygens (including phenoxy) is 2. The normalized spacial score (nSPS) is 19.7. The van der Waals surface area contributed by atoms with Crippen molar-refractivity contribution in [1.82, 2.24) is 25.0 Å². The first kappa shape index (κ1) is 30.9. The number of halogens is 2. The molecule has 0 radical (unpaired) electrons. The Morgan fingerprint density at radius 1 is 1.19 bits per heavy atom. The molecule has 1 aromatic carbocycles. The Balaban J connectivity index is 1.25. The zero-order valence-corrected chi connectivity index (χ0v) is 26.2. The maximum atomic E-state index is 13.9. The zero-order chi connectivity index (χ0) is 29.9. The molecular formula is C31H41Cl2N5O4. The van der Waals surface area contributed by atoms with Crippen molar-refractivity contribution in [2.75, 3.05) is 53.6 Å². The van der Waals surface area contributed by atoms with Gasteiger partial charge in [-0.1, -0.05) is 36.2 Å². The van der Waals surface area contributed by atoms with Crippen molar-refractivity contribution in [3.05, 3.63) is 57.8 Å². The lowest BCUT2D eigenvalue weighted by molar-refractivity contribution is -0.170. The van der Waals surface area contributed by atoms with Crippen molar-refractivity contribution in [3.8, 4) is 5.75 Å². The van der Waals surface area contributed by atoms with Gasteiger partial charge in [-0.05, 0) is 69.6 Å². The van der Waals surface area contributed by atoms with Crippen LogP contribution in [0.15, 0.2) is 36.5 Å². The van der Waals surface area contributed by atoms with Crippen LogP contribution in [0, 0.1) is 0 Å². The second kappa shape index (κ2) is 13.4. The van der Waals surface area contributed by atoms with Gasteiger partial charge in [-0.25, -0.2) is 4.79 Å². The van der Waals surface area contributed by atoms with E-state index in [1.165, 1.54) is 0 Å². The third-order valence-electron chi connectivity index (χ3n) is 9.02. The van der Waals surface area contributed by atoms with E-state index in [9.17, 15) is 9.59 Å². The first-order valence-electron chi connectivity index (χ1n) is 14.8. The van der Waals surface area contributed by atoms with Gasteiger partial charge in [-0.15, -0.1) is 0 Å². The lowest BCUT2D eigenvalue weighted by Gasteiger charge is -2.57. The third-order valence-corrected chi connectivity index (χ3v) is 9.61. The van der Waals surface area contributed by atoms with Gasteiger partial charge >= 0.3 is 6.03 Å². The van der Waals surface area contributed by atoms with Crippen LogP contribution in [0.3, 0.4) is 0 Å². The Morgan fingerprint density at radius 3 is 2.55 bits per heavy atom. The van der Waals surface area contributed by atoms with Crippen molar-refractivity contribution in [2.45, 2.75) is 62.6 Å². The summed E-state index contributed by atoms with van der Waals surface area (Å²) in [5.41, 5.74) is 1.49. The molecule has 2 atom stereocenters. The number of likely N-dealkylation sites (N-methyl/N-ethyl adjacent to an activating group) is 1. The molecule has 0 unspecified atom stereocenters. The number of hydrogen-bond acceptors (Lipinski definition) is 6. The predicted octanol–water partition coefficient (Wildman–Crippen LogP) is 4.61. The summed E-state index contributed by atoms with van der Waals surface area (Å²) in [6.45, 7) is 5.63. The van der Waals surface area contributed by atoms with Crippen molar-refractivity contribution in [1.29, 1.82) is 0 Å². The van der Waals surface area contributed by atoms with Crippen LogP contribution in [-0.2, 0) is 16.0 Å². The standard InChI is InChI=1S/C31H41Cl2N5O4/c1-4-24(36(2)3)18-42-27-6-5-12-34-28(27)21-9-13-37(14-10-21)29(39)26(16-22-7-8-23(32)17-25(22)33)35-30(40)38-15-11-31(38)19-41-20-31/h5-8,12,17,21,24,26H,4,9-11,13-16,18-20H2,1-3H3,(H,35,40)/t24-,26-/m1/s1. The van der Waals surface area contributed by atoms with Crippen molar-refractivity contribution < 1.29 is 19.1 Å². The summed E-state index contributed by atoms with van der Waals surface area (Å²) in [5, 5.41) is 4.03. The maximum absolute atomic E-state index is 13.9. The number of hydrogen-bond donors (Lipinski definition) is 1. The Morgan fingerprint density at radius 2 is 1.95 bits per heavy atom. The second-order valence-electron chi connectivity index (χ2n) is 11.9. The quantitative estimate of drug-likeness (QED) is 0.419. The number of likely N-dealkylation sites (tertiary alicyclic amines) is 2. The molecule has 11 heteroatoms. The smallest absolute Gasteiger partial charge is 0.318 e. The number of benzene rings is 1. The van der Waals surface area contributed by atoms with Gasteiger partial charge in [0, 0.05) is 54.3 Å². The Labute approximate surface area is 258 Å². The molecule has 3 amide bonds. The van der Waals surface area contributed by atoms with Crippen LogP contribution in [0.25, 0.3) is 0 Å². The third kappa shape index (κ3) is 6.64. The summed E-state index contributed by atoms with van der Waals surface area (Å²) in [7, 11) is 4.13. The summed E-state index contributed by atoms with van der Waals surface area (Å²) in [5.74, 6) is 0.887. The van der Waals surface area contributed by atoms with E-state index in [1.807, 2.05) is 23.1 Å². The van der Waals surface area contributed by atoms with E-state index in [2.05, 4.69) is 31.2 Å². The Bertz CT molecular complexity index is 1260. The molecule has 0 bridgehead atoms. The van der Waals surface area contributed by atoms with Gasteiger partial charge in [0.25, 0.3) is 0 Å². The average molecular weight is 619 g/mol. The molecule has 1 aromatic heterocycles. The molecule has 3 saturated heterocycles. The van der Waals surface area contributed by atoms with Crippen LogP contribution in [-0.4, -0.2) is 103 Å². The fraction of sp³-hybridized carbons (Fsp3) is 0.581. The molecule has 2 aromatic rings. The highest BCUT2D eigenvalue weighted by atomic mass is 35.5. The molecule has 1 spiro atoms. The van der Waals surface area contributed by atoms with E-state index in [4.69, 9.17) is 37.7 Å². The minimum atomic E-state index is -0.753. The van der Waals surface area contributed by atoms with E-state index in [1.54, 1.807) is 23.2 Å². The summed E-state index contributed by atoms with van der Waals surface area (Å²) < 4.78 is 11.6. The van der Waals surface area contributed by atoms with Gasteiger partial charge in [0.1, 0.15) is 18.4 Å². The number of nitrogens with zero attached hydrogens (tertiary/aromatic N) is 4. The van der Waals surface area contributed by atoms with E-state index in [-0.39, 0.29) is 29.8 Å². The van der Waals surface area contributed by atoms with E-state index in [0.717, 1.165) is 42.7 Å². The summed E-state index contributed by atoms with van der Waals surface area (Å²) >= 11 is 12.6. The SMILES string of the molecule is CC[C@H](COc1cccnc1C1CCN(C(=O)[C@@H](Cc2ccc(Cl)cc2Cl)NC(=O)N2CCC23COC3)CC1)N(C)C. The van der Waals surface area contributed by atoms with E-state index in [0.29, 0.717) is 55.5 Å². The lowest BCUT2D eigenvalue weighted by atomic mass is 9.83. The number of carbonyl (C=O) groups excluding carboxylic acids is 2. The number of piperidine rings is 1. The number of rotatable bonds is 10.